The monoisotopic (exact) mass is 398 g/mol. The minimum Gasteiger partial charge on any atom is -0.356 e. The summed E-state index contributed by atoms with van der Waals surface area (Å²) in [5.41, 5.74) is 3.62. The second kappa shape index (κ2) is 7.78. The first kappa shape index (κ1) is 18.6. The lowest BCUT2D eigenvalue weighted by atomic mass is 9.92. The summed E-state index contributed by atoms with van der Waals surface area (Å²) >= 11 is 0. The summed E-state index contributed by atoms with van der Waals surface area (Å²) in [6, 6.07) is 18.4. The maximum atomic E-state index is 4.91. The van der Waals surface area contributed by atoms with Crippen molar-refractivity contribution in [3.63, 3.8) is 0 Å². The highest BCUT2D eigenvalue weighted by molar-refractivity contribution is 5.77. The summed E-state index contributed by atoms with van der Waals surface area (Å²) in [4.78, 5) is 11.8. The molecule has 6 heteroatoms. The maximum Gasteiger partial charge on any atom is 0.177 e. The number of aromatic nitrogens is 4. The van der Waals surface area contributed by atoms with Crippen molar-refractivity contribution in [3.05, 3.63) is 67.0 Å². The number of piperidine rings is 1. The molecule has 5 rings (SSSR count). The van der Waals surface area contributed by atoms with Crippen molar-refractivity contribution in [2.75, 3.05) is 23.3 Å². The Hall–Kier alpha value is -3.41. The van der Waals surface area contributed by atoms with Gasteiger partial charge in [-0.05, 0) is 36.5 Å². The van der Waals surface area contributed by atoms with Crippen LogP contribution in [0.3, 0.4) is 0 Å². The molecule has 1 aliphatic rings. The van der Waals surface area contributed by atoms with E-state index in [0.29, 0.717) is 11.8 Å². The van der Waals surface area contributed by atoms with E-state index in [1.807, 2.05) is 41.0 Å². The predicted octanol–water partition coefficient (Wildman–Crippen LogP) is 5.02. The number of imidazole rings is 1. The third-order valence-corrected chi connectivity index (χ3v) is 5.62. The zero-order valence-electron chi connectivity index (χ0n) is 17.4. The average Bonchev–Trinajstić information content (AvgIpc) is 3.23. The first-order chi connectivity index (χ1) is 14.7. The molecule has 3 aromatic heterocycles. The molecule has 0 aliphatic carbocycles. The Kier molecular flexibility index (Phi) is 4.83. The lowest BCUT2D eigenvalue weighted by molar-refractivity contribution is 0.355. The van der Waals surface area contributed by atoms with E-state index in [0.717, 1.165) is 47.3 Å². The first-order valence-electron chi connectivity index (χ1n) is 10.5. The van der Waals surface area contributed by atoms with Crippen molar-refractivity contribution in [1.29, 1.82) is 0 Å². The SMILES string of the molecule is CC1CC(C)CN(c2cccc(Nc3cc(-c4ccccc4)nn4ccnc34)n2)C1. The summed E-state index contributed by atoms with van der Waals surface area (Å²) in [5, 5.41) is 8.18. The van der Waals surface area contributed by atoms with Crippen LogP contribution in [-0.4, -0.2) is 32.7 Å². The summed E-state index contributed by atoms with van der Waals surface area (Å²) < 4.78 is 1.81. The second-order valence-corrected chi connectivity index (χ2v) is 8.36. The normalized spacial score (nSPS) is 19.2. The largest absolute Gasteiger partial charge is 0.356 e. The average molecular weight is 399 g/mol. The highest BCUT2D eigenvalue weighted by Crippen LogP contribution is 2.28. The smallest absolute Gasteiger partial charge is 0.177 e. The number of hydrogen-bond acceptors (Lipinski definition) is 5. The number of fused-ring (bicyclic) bond motifs is 1. The summed E-state index contributed by atoms with van der Waals surface area (Å²) in [7, 11) is 0. The van der Waals surface area contributed by atoms with Gasteiger partial charge < -0.3 is 10.2 Å². The minimum absolute atomic E-state index is 0.685. The van der Waals surface area contributed by atoms with Crippen molar-refractivity contribution in [3.8, 4) is 11.3 Å². The number of anilines is 3. The molecule has 1 aliphatic heterocycles. The fourth-order valence-corrected chi connectivity index (χ4v) is 4.42. The van der Waals surface area contributed by atoms with Gasteiger partial charge in [0, 0.05) is 31.0 Å². The highest BCUT2D eigenvalue weighted by Gasteiger charge is 2.23. The number of nitrogens with zero attached hydrogens (tertiary/aromatic N) is 5. The summed E-state index contributed by atoms with van der Waals surface area (Å²) in [6.45, 7) is 6.75. The molecule has 6 nitrogen and oxygen atoms in total. The Balaban J connectivity index is 1.48. The molecule has 4 heterocycles. The number of rotatable bonds is 4. The van der Waals surface area contributed by atoms with E-state index >= 15 is 0 Å². The van der Waals surface area contributed by atoms with Crippen LogP contribution < -0.4 is 10.2 Å². The van der Waals surface area contributed by atoms with Crippen LogP contribution in [0.2, 0.25) is 0 Å². The van der Waals surface area contributed by atoms with Crippen molar-refractivity contribution in [1.82, 2.24) is 19.6 Å². The van der Waals surface area contributed by atoms with Gasteiger partial charge in [0.05, 0.1) is 11.4 Å². The van der Waals surface area contributed by atoms with Crippen molar-refractivity contribution in [2.24, 2.45) is 11.8 Å². The van der Waals surface area contributed by atoms with E-state index in [1.165, 1.54) is 6.42 Å². The molecular weight excluding hydrogens is 372 g/mol. The van der Waals surface area contributed by atoms with Crippen LogP contribution in [0, 0.1) is 11.8 Å². The van der Waals surface area contributed by atoms with Gasteiger partial charge in [-0.3, -0.25) is 0 Å². The quantitative estimate of drug-likeness (QED) is 0.523. The van der Waals surface area contributed by atoms with Crippen molar-refractivity contribution in [2.45, 2.75) is 20.3 Å². The van der Waals surface area contributed by atoms with E-state index in [2.05, 4.69) is 53.3 Å². The predicted molar refractivity (Wildman–Crippen MR) is 121 cm³/mol. The van der Waals surface area contributed by atoms with Gasteiger partial charge in [-0.15, -0.1) is 0 Å². The Morgan fingerprint density at radius 3 is 2.57 bits per heavy atom. The molecule has 0 spiro atoms. The third kappa shape index (κ3) is 3.73. The summed E-state index contributed by atoms with van der Waals surface area (Å²) in [6.07, 6.45) is 4.92. The standard InChI is InChI=1S/C24H26N6/c1-17-13-18(2)16-29(15-17)23-10-6-9-22(27-23)26-21-14-20(19-7-4-3-5-8-19)28-30-12-11-25-24(21)30/h3-12,14,17-18H,13,15-16H2,1-2H3,(H,26,27). The highest BCUT2D eigenvalue weighted by atomic mass is 15.3. The molecule has 30 heavy (non-hydrogen) atoms. The Labute approximate surface area is 176 Å². The molecule has 1 N–H and O–H groups in total. The molecule has 1 aromatic carbocycles. The third-order valence-electron chi connectivity index (χ3n) is 5.62. The first-order valence-corrected chi connectivity index (χ1v) is 10.5. The van der Waals surface area contributed by atoms with Gasteiger partial charge in [-0.25, -0.2) is 14.5 Å². The zero-order chi connectivity index (χ0) is 20.5. The topological polar surface area (TPSA) is 58.4 Å². The summed E-state index contributed by atoms with van der Waals surface area (Å²) in [5.74, 6) is 3.21. The molecule has 152 valence electrons. The minimum atomic E-state index is 0.685. The molecule has 4 aromatic rings. The van der Waals surface area contributed by atoms with Gasteiger partial charge in [0.1, 0.15) is 11.6 Å². The van der Waals surface area contributed by atoms with Gasteiger partial charge in [0.2, 0.25) is 0 Å². The number of nitrogens with one attached hydrogen (secondary N) is 1. The van der Waals surface area contributed by atoms with Gasteiger partial charge in [0.15, 0.2) is 5.65 Å². The van der Waals surface area contributed by atoms with Crippen LogP contribution >= 0.6 is 0 Å². The molecule has 0 saturated carbocycles. The van der Waals surface area contributed by atoms with Crippen LogP contribution in [0.15, 0.2) is 67.0 Å². The van der Waals surface area contributed by atoms with E-state index in [-0.39, 0.29) is 0 Å². The number of benzene rings is 1. The molecule has 0 radical (unpaired) electrons. The van der Waals surface area contributed by atoms with E-state index in [9.17, 15) is 0 Å². The fraction of sp³-hybridized carbons (Fsp3) is 0.292. The fourth-order valence-electron chi connectivity index (χ4n) is 4.42. The Morgan fingerprint density at radius 1 is 0.967 bits per heavy atom. The van der Waals surface area contributed by atoms with Crippen LogP contribution in [0.4, 0.5) is 17.3 Å². The van der Waals surface area contributed by atoms with Crippen LogP contribution in [0.5, 0.6) is 0 Å². The van der Waals surface area contributed by atoms with E-state index in [4.69, 9.17) is 10.1 Å². The number of pyridine rings is 1. The molecule has 1 saturated heterocycles. The van der Waals surface area contributed by atoms with E-state index < -0.39 is 0 Å². The van der Waals surface area contributed by atoms with Gasteiger partial charge >= 0.3 is 0 Å². The second-order valence-electron chi connectivity index (χ2n) is 8.36. The number of hydrogen-bond donors (Lipinski definition) is 1. The van der Waals surface area contributed by atoms with Crippen LogP contribution in [0.1, 0.15) is 20.3 Å². The lowest BCUT2D eigenvalue weighted by Gasteiger charge is -2.35. The van der Waals surface area contributed by atoms with Crippen molar-refractivity contribution >= 4 is 23.0 Å². The molecule has 0 amide bonds. The molecule has 2 unspecified atom stereocenters. The maximum absolute atomic E-state index is 4.91. The van der Waals surface area contributed by atoms with Crippen molar-refractivity contribution < 1.29 is 0 Å². The zero-order valence-corrected chi connectivity index (χ0v) is 17.4. The van der Waals surface area contributed by atoms with Gasteiger partial charge in [-0.2, -0.15) is 5.10 Å². The Bertz CT molecular complexity index is 1140. The Morgan fingerprint density at radius 2 is 1.77 bits per heavy atom. The molecule has 0 bridgehead atoms. The lowest BCUT2D eigenvalue weighted by Crippen LogP contribution is -2.39. The van der Waals surface area contributed by atoms with Gasteiger partial charge in [-0.1, -0.05) is 50.2 Å². The van der Waals surface area contributed by atoms with Crippen LogP contribution in [0.25, 0.3) is 16.9 Å². The molecular formula is C24H26N6. The van der Waals surface area contributed by atoms with Gasteiger partial charge in [0.25, 0.3) is 0 Å². The molecule has 2 atom stereocenters. The van der Waals surface area contributed by atoms with Crippen LogP contribution in [-0.2, 0) is 0 Å². The van der Waals surface area contributed by atoms with E-state index in [1.54, 1.807) is 6.20 Å². The molecule has 1 fully saturated rings.